The number of unbranched alkanes of at least 4 members (excludes halogenated alkanes) is 1. The van der Waals surface area contributed by atoms with E-state index in [1.54, 1.807) is 6.92 Å². The molecule has 4 nitrogen and oxygen atoms in total. The van der Waals surface area contributed by atoms with E-state index in [9.17, 15) is 17.2 Å². The lowest BCUT2D eigenvalue weighted by Crippen LogP contribution is -2.27. The Labute approximate surface area is 83.4 Å². The number of rotatable bonds is 4. The lowest BCUT2D eigenvalue weighted by Gasteiger charge is -2.10. The summed E-state index contributed by atoms with van der Waals surface area (Å²) >= 11 is 0. The van der Waals surface area contributed by atoms with Crippen molar-refractivity contribution >= 4 is 10.1 Å². The number of halogens is 2. The molecule has 0 bridgehead atoms. The van der Waals surface area contributed by atoms with E-state index in [0.717, 1.165) is 0 Å². The van der Waals surface area contributed by atoms with E-state index < -0.39 is 21.8 Å². The molecule has 14 heavy (non-hydrogen) atoms. The molecule has 0 aromatic rings. The van der Waals surface area contributed by atoms with Gasteiger partial charge in [-0.1, -0.05) is 13.3 Å². The minimum atomic E-state index is -5.21. The Kier molecular flexibility index (Phi) is 8.18. The lowest BCUT2D eigenvalue weighted by atomic mass is 10.3. The molecule has 0 saturated heterocycles. The SMILES string of the molecule is CCCCC(F)(F)S(=O)(=O)O.CNC. The maximum Gasteiger partial charge on any atom is 0.370 e. The quantitative estimate of drug-likeness (QED) is 0.722. The number of hydrogen-bond donors (Lipinski definition) is 2. The van der Waals surface area contributed by atoms with E-state index in [2.05, 4.69) is 5.32 Å². The third-order valence-electron chi connectivity index (χ3n) is 1.20. The number of alkyl halides is 2. The summed E-state index contributed by atoms with van der Waals surface area (Å²) in [5, 5.41) is -1.23. The van der Waals surface area contributed by atoms with E-state index in [1.807, 2.05) is 14.1 Å². The summed E-state index contributed by atoms with van der Waals surface area (Å²) in [7, 11) is -1.46. The summed E-state index contributed by atoms with van der Waals surface area (Å²) in [6.07, 6.45) is -0.278. The molecule has 7 heteroatoms. The van der Waals surface area contributed by atoms with Gasteiger partial charge in [0.1, 0.15) is 0 Å². The highest BCUT2D eigenvalue weighted by Crippen LogP contribution is 2.26. The van der Waals surface area contributed by atoms with E-state index in [0.29, 0.717) is 6.42 Å². The lowest BCUT2D eigenvalue weighted by molar-refractivity contribution is 0.0689. The first-order valence-corrected chi connectivity index (χ1v) is 5.60. The zero-order valence-electron chi connectivity index (χ0n) is 8.55. The van der Waals surface area contributed by atoms with Gasteiger partial charge >= 0.3 is 15.4 Å². The Bertz CT molecular complexity index is 229. The molecule has 0 atom stereocenters. The summed E-state index contributed by atoms with van der Waals surface area (Å²) in [5.41, 5.74) is 0. The standard InChI is InChI=1S/C5H10F2O3S.C2H7N/c1-2-3-4-5(6,7)11(8,9)10;1-3-2/h2-4H2,1H3,(H,8,9,10);3H,1-2H3. The third-order valence-corrected chi connectivity index (χ3v) is 2.16. The Morgan fingerprint density at radius 2 is 1.71 bits per heavy atom. The molecule has 0 radical (unpaired) electrons. The van der Waals surface area contributed by atoms with E-state index in [4.69, 9.17) is 4.55 Å². The molecule has 0 saturated carbocycles. The van der Waals surface area contributed by atoms with Crippen LogP contribution >= 0.6 is 0 Å². The first-order valence-electron chi connectivity index (χ1n) is 4.16. The van der Waals surface area contributed by atoms with Gasteiger partial charge in [-0.2, -0.15) is 17.2 Å². The highest BCUT2D eigenvalue weighted by atomic mass is 32.2. The van der Waals surface area contributed by atoms with Crippen LogP contribution < -0.4 is 5.32 Å². The van der Waals surface area contributed by atoms with Crippen molar-refractivity contribution in [3.8, 4) is 0 Å². The van der Waals surface area contributed by atoms with Crippen molar-refractivity contribution < 1.29 is 21.8 Å². The molecule has 0 aliphatic heterocycles. The van der Waals surface area contributed by atoms with Crippen LogP contribution in [0.2, 0.25) is 0 Å². The normalized spacial score (nSPS) is 11.9. The van der Waals surface area contributed by atoms with Crippen LogP contribution in [-0.4, -0.2) is 32.3 Å². The molecule has 0 rings (SSSR count). The Morgan fingerprint density at radius 1 is 1.36 bits per heavy atom. The number of nitrogens with one attached hydrogen (secondary N) is 1. The minimum Gasteiger partial charge on any atom is -0.323 e. The van der Waals surface area contributed by atoms with Crippen molar-refractivity contribution in [1.29, 1.82) is 0 Å². The van der Waals surface area contributed by atoms with E-state index in [-0.39, 0.29) is 6.42 Å². The van der Waals surface area contributed by atoms with Crippen molar-refractivity contribution in [2.24, 2.45) is 0 Å². The van der Waals surface area contributed by atoms with Crippen molar-refractivity contribution in [1.82, 2.24) is 5.32 Å². The van der Waals surface area contributed by atoms with Crippen LogP contribution in [-0.2, 0) is 10.1 Å². The second-order valence-electron chi connectivity index (χ2n) is 2.72. The first-order chi connectivity index (χ1) is 6.22. The van der Waals surface area contributed by atoms with Crippen LogP contribution in [0.1, 0.15) is 26.2 Å². The molecule has 88 valence electrons. The third kappa shape index (κ3) is 7.16. The fourth-order valence-electron chi connectivity index (χ4n) is 0.512. The molecule has 0 spiro atoms. The zero-order valence-corrected chi connectivity index (χ0v) is 9.37. The van der Waals surface area contributed by atoms with E-state index >= 15 is 0 Å². The van der Waals surface area contributed by atoms with Gasteiger partial charge in [0.15, 0.2) is 0 Å². The number of hydrogen-bond acceptors (Lipinski definition) is 3. The molecule has 0 amide bonds. The maximum atomic E-state index is 12.3. The fraction of sp³-hybridized carbons (Fsp3) is 1.00. The van der Waals surface area contributed by atoms with Gasteiger partial charge in [-0.25, -0.2) is 0 Å². The zero-order chi connectivity index (χ0) is 11.8. The van der Waals surface area contributed by atoms with Crippen LogP contribution in [0.15, 0.2) is 0 Å². The van der Waals surface area contributed by atoms with Crippen LogP contribution in [0.5, 0.6) is 0 Å². The molecular formula is C7H17F2NO3S. The summed E-state index contributed by atoms with van der Waals surface area (Å²) < 4.78 is 52.5. The Morgan fingerprint density at radius 3 is 1.93 bits per heavy atom. The fourth-order valence-corrected chi connectivity index (χ4v) is 0.914. The average molecular weight is 233 g/mol. The van der Waals surface area contributed by atoms with Gasteiger partial charge in [-0.3, -0.25) is 4.55 Å². The highest BCUT2D eigenvalue weighted by Gasteiger charge is 2.42. The summed E-state index contributed by atoms with van der Waals surface area (Å²) in [5.74, 6) is 0. The van der Waals surface area contributed by atoms with Gasteiger partial charge in [-0.05, 0) is 20.5 Å². The van der Waals surface area contributed by atoms with Gasteiger partial charge in [0.25, 0.3) is 0 Å². The second kappa shape index (κ2) is 7.08. The molecule has 0 fully saturated rings. The highest BCUT2D eigenvalue weighted by molar-refractivity contribution is 7.86. The molecule has 0 heterocycles. The minimum absolute atomic E-state index is 0.0762. The first kappa shape index (κ1) is 16.2. The summed E-state index contributed by atoms with van der Waals surface area (Å²) in [6.45, 7) is 1.65. The van der Waals surface area contributed by atoms with Crippen molar-refractivity contribution in [3.05, 3.63) is 0 Å². The van der Waals surface area contributed by atoms with Crippen molar-refractivity contribution in [3.63, 3.8) is 0 Å². The molecule has 0 aromatic carbocycles. The monoisotopic (exact) mass is 233 g/mol. The molecule has 0 aromatic heterocycles. The summed E-state index contributed by atoms with van der Waals surface area (Å²) in [6, 6.07) is 0. The van der Waals surface area contributed by atoms with Crippen molar-refractivity contribution in [2.45, 2.75) is 31.4 Å². The Balaban J connectivity index is 0. The van der Waals surface area contributed by atoms with Gasteiger partial charge in [-0.15, -0.1) is 0 Å². The predicted octanol–water partition coefficient (Wildman–Crippen LogP) is 1.49. The second-order valence-corrected chi connectivity index (χ2v) is 4.26. The smallest absolute Gasteiger partial charge is 0.323 e. The molecule has 0 unspecified atom stereocenters. The van der Waals surface area contributed by atoms with Gasteiger partial charge in [0.2, 0.25) is 0 Å². The van der Waals surface area contributed by atoms with E-state index in [1.165, 1.54) is 0 Å². The topological polar surface area (TPSA) is 66.4 Å². The maximum absolute atomic E-state index is 12.3. The van der Waals surface area contributed by atoms with Gasteiger partial charge in [0.05, 0.1) is 0 Å². The van der Waals surface area contributed by atoms with Crippen molar-refractivity contribution in [2.75, 3.05) is 14.1 Å². The predicted molar refractivity (Wildman–Crippen MR) is 51.0 cm³/mol. The van der Waals surface area contributed by atoms with Gasteiger partial charge < -0.3 is 5.32 Å². The molecular weight excluding hydrogens is 216 g/mol. The van der Waals surface area contributed by atoms with Gasteiger partial charge in [0, 0.05) is 6.42 Å². The van der Waals surface area contributed by atoms with Crippen LogP contribution in [0.25, 0.3) is 0 Å². The van der Waals surface area contributed by atoms with Crippen LogP contribution in [0, 0.1) is 0 Å². The van der Waals surface area contributed by atoms with Crippen LogP contribution in [0.4, 0.5) is 8.78 Å². The average Bonchev–Trinajstić information content (AvgIpc) is 2.00. The molecule has 0 aliphatic carbocycles. The van der Waals surface area contributed by atoms with Crippen LogP contribution in [0.3, 0.4) is 0 Å². The molecule has 2 N–H and O–H groups in total. The Hall–Kier alpha value is -0.270. The molecule has 0 aliphatic rings. The summed E-state index contributed by atoms with van der Waals surface area (Å²) in [4.78, 5) is 0. The largest absolute Gasteiger partial charge is 0.370 e.